The lowest BCUT2D eigenvalue weighted by Crippen LogP contribution is -2.27. The molecule has 1 fully saturated rings. The molecule has 3 aromatic rings. The monoisotopic (exact) mass is 520 g/mol. The lowest BCUT2D eigenvalue weighted by atomic mass is 9.98. The maximum absolute atomic E-state index is 12.5. The van der Waals surface area contributed by atoms with Crippen molar-refractivity contribution in [3.8, 4) is 16.9 Å². The number of pyridine rings is 2. The van der Waals surface area contributed by atoms with Crippen LogP contribution in [0, 0.1) is 3.70 Å². The van der Waals surface area contributed by atoms with Gasteiger partial charge in [-0.05, 0) is 81.2 Å². The molecule has 158 valence electrons. The van der Waals surface area contributed by atoms with Gasteiger partial charge in [0.1, 0.15) is 15.1 Å². The molecule has 0 amide bonds. The third kappa shape index (κ3) is 4.74. The molecule has 3 heterocycles. The smallest absolute Gasteiger partial charge is 0.437 e. The molecule has 0 saturated heterocycles. The van der Waals surface area contributed by atoms with Gasteiger partial charge in [0.2, 0.25) is 0 Å². The highest BCUT2D eigenvalue weighted by molar-refractivity contribution is 14.1. The van der Waals surface area contributed by atoms with Crippen LogP contribution in [0.2, 0.25) is 0 Å². The van der Waals surface area contributed by atoms with Crippen molar-refractivity contribution in [2.45, 2.75) is 64.6 Å². The number of fused-ring (bicyclic) bond motifs is 1. The zero-order chi connectivity index (χ0) is 21.3. The maximum Gasteiger partial charge on any atom is 0.437 e. The molecule has 8 heteroatoms. The van der Waals surface area contributed by atoms with Crippen molar-refractivity contribution in [2.24, 2.45) is 0 Å². The summed E-state index contributed by atoms with van der Waals surface area (Å²) >= 11 is 2.11. The number of aromatic nitrogens is 4. The van der Waals surface area contributed by atoms with Crippen LogP contribution in [0.25, 0.3) is 22.2 Å². The van der Waals surface area contributed by atoms with Gasteiger partial charge in [0.15, 0.2) is 5.65 Å². The Hall–Kier alpha value is -2.23. The molecule has 1 aliphatic rings. The van der Waals surface area contributed by atoms with Crippen LogP contribution in [0.5, 0.6) is 5.75 Å². The molecule has 0 radical (unpaired) electrons. The van der Waals surface area contributed by atoms with E-state index in [0.29, 0.717) is 9.35 Å². The Morgan fingerprint density at radius 1 is 1.10 bits per heavy atom. The first kappa shape index (κ1) is 21.0. The molecule has 0 atom stereocenters. The van der Waals surface area contributed by atoms with Crippen LogP contribution in [0.3, 0.4) is 0 Å². The first-order chi connectivity index (χ1) is 14.3. The fourth-order valence-electron chi connectivity index (χ4n) is 3.57. The van der Waals surface area contributed by atoms with Crippen molar-refractivity contribution < 1.29 is 14.3 Å². The zero-order valence-electron chi connectivity index (χ0n) is 17.4. The minimum Gasteiger partial charge on any atom is -0.489 e. The highest BCUT2D eigenvalue weighted by Gasteiger charge is 2.23. The van der Waals surface area contributed by atoms with Gasteiger partial charge in [-0.15, -0.1) is 4.68 Å². The quantitative estimate of drug-likeness (QED) is 0.419. The third-order valence-corrected chi connectivity index (χ3v) is 5.74. The first-order valence-electron chi connectivity index (χ1n) is 10.2. The van der Waals surface area contributed by atoms with Gasteiger partial charge in [-0.25, -0.2) is 9.78 Å². The normalized spacial score (nSPS) is 15.3. The Bertz CT molecular complexity index is 1070. The molecule has 0 aliphatic heterocycles. The van der Waals surface area contributed by atoms with E-state index in [2.05, 4.69) is 37.7 Å². The molecule has 30 heavy (non-hydrogen) atoms. The van der Waals surface area contributed by atoms with Crippen LogP contribution in [0.4, 0.5) is 4.79 Å². The Labute approximate surface area is 189 Å². The van der Waals surface area contributed by atoms with E-state index >= 15 is 0 Å². The Morgan fingerprint density at radius 3 is 2.57 bits per heavy atom. The second-order valence-corrected chi connectivity index (χ2v) is 9.59. The predicted molar refractivity (Wildman–Crippen MR) is 123 cm³/mol. The number of carbonyl (C=O) groups is 1. The van der Waals surface area contributed by atoms with E-state index in [1.807, 2.05) is 32.9 Å². The van der Waals surface area contributed by atoms with Crippen LogP contribution in [0.15, 0.2) is 30.7 Å². The van der Waals surface area contributed by atoms with Gasteiger partial charge >= 0.3 is 6.09 Å². The Kier molecular flexibility index (Phi) is 5.95. The van der Waals surface area contributed by atoms with E-state index in [4.69, 9.17) is 9.47 Å². The summed E-state index contributed by atoms with van der Waals surface area (Å²) in [5, 5.41) is 5.12. The molecule has 7 nitrogen and oxygen atoms in total. The molecular weight excluding hydrogens is 495 g/mol. The van der Waals surface area contributed by atoms with Crippen LogP contribution in [-0.4, -0.2) is 37.5 Å². The van der Waals surface area contributed by atoms with E-state index in [1.165, 1.54) is 23.9 Å². The molecule has 1 saturated carbocycles. The Morgan fingerprint density at radius 2 is 1.83 bits per heavy atom. The number of rotatable bonds is 3. The molecule has 0 N–H and O–H groups in total. The topological polar surface area (TPSA) is 79.1 Å². The number of carbonyl (C=O) groups excluding carboxylic acids is 1. The summed E-state index contributed by atoms with van der Waals surface area (Å²) in [6.07, 6.45) is 10.9. The molecule has 0 unspecified atom stereocenters. The summed E-state index contributed by atoms with van der Waals surface area (Å²) in [7, 11) is 0. The molecule has 3 aromatic heterocycles. The highest BCUT2D eigenvalue weighted by atomic mass is 127. The van der Waals surface area contributed by atoms with E-state index in [0.717, 1.165) is 35.1 Å². The predicted octanol–water partition coefficient (Wildman–Crippen LogP) is 5.59. The average molecular weight is 520 g/mol. The number of nitrogens with zero attached hydrogens (tertiary/aromatic N) is 4. The summed E-state index contributed by atoms with van der Waals surface area (Å²) in [5.74, 6) is 0.777. The minimum atomic E-state index is -0.606. The fourth-order valence-corrected chi connectivity index (χ4v) is 4.19. The van der Waals surface area contributed by atoms with Crippen LogP contribution < -0.4 is 4.74 Å². The van der Waals surface area contributed by atoms with Crippen LogP contribution in [0.1, 0.15) is 52.9 Å². The minimum absolute atomic E-state index is 0.268. The molecule has 4 rings (SSSR count). The van der Waals surface area contributed by atoms with Crippen molar-refractivity contribution in [1.82, 2.24) is 19.7 Å². The highest BCUT2D eigenvalue weighted by Crippen LogP contribution is 2.29. The van der Waals surface area contributed by atoms with E-state index in [9.17, 15) is 4.79 Å². The average Bonchev–Trinajstić information content (AvgIpc) is 3.04. The summed E-state index contributed by atoms with van der Waals surface area (Å²) < 4.78 is 13.5. The van der Waals surface area contributed by atoms with Crippen molar-refractivity contribution >= 4 is 39.7 Å². The van der Waals surface area contributed by atoms with Gasteiger partial charge in [0, 0.05) is 23.5 Å². The summed E-state index contributed by atoms with van der Waals surface area (Å²) in [6.45, 7) is 5.47. The first-order valence-corrected chi connectivity index (χ1v) is 11.3. The largest absolute Gasteiger partial charge is 0.489 e. The fraction of sp³-hybridized carbons (Fsp3) is 0.455. The molecule has 0 aromatic carbocycles. The maximum atomic E-state index is 12.5. The van der Waals surface area contributed by atoms with Crippen LogP contribution >= 0.6 is 22.6 Å². The SMILES string of the molecule is CC(C)(C)OC(=O)n1nc(I)c2cc(-c3cncc(OC4CCCCC4)c3)cnc21. The van der Waals surface area contributed by atoms with Crippen molar-refractivity contribution in [2.75, 3.05) is 0 Å². The van der Waals surface area contributed by atoms with Crippen molar-refractivity contribution in [1.29, 1.82) is 0 Å². The molecule has 1 aliphatic carbocycles. The molecule has 0 bridgehead atoms. The van der Waals surface area contributed by atoms with E-state index < -0.39 is 11.7 Å². The zero-order valence-corrected chi connectivity index (χ0v) is 19.5. The number of halogens is 1. The van der Waals surface area contributed by atoms with E-state index in [-0.39, 0.29) is 6.10 Å². The van der Waals surface area contributed by atoms with Crippen LogP contribution in [-0.2, 0) is 4.74 Å². The summed E-state index contributed by atoms with van der Waals surface area (Å²) in [5.41, 5.74) is 1.68. The van der Waals surface area contributed by atoms with Gasteiger partial charge in [0.25, 0.3) is 0 Å². The van der Waals surface area contributed by atoms with E-state index in [1.54, 1.807) is 18.6 Å². The lowest BCUT2D eigenvalue weighted by Gasteiger charge is -2.23. The third-order valence-electron chi connectivity index (χ3n) is 4.95. The van der Waals surface area contributed by atoms with Gasteiger partial charge in [-0.1, -0.05) is 6.42 Å². The number of hydrogen-bond acceptors (Lipinski definition) is 6. The Balaban J connectivity index is 1.62. The lowest BCUT2D eigenvalue weighted by molar-refractivity contribution is 0.0521. The molecule has 0 spiro atoms. The summed E-state index contributed by atoms with van der Waals surface area (Å²) in [6, 6.07) is 3.97. The second kappa shape index (κ2) is 8.49. The number of hydrogen-bond donors (Lipinski definition) is 0. The van der Waals surface area contributed by atoms with Gasteiger partial charge in [0.05, 0.1) is 17.7 Å². The standard InChI is InChI=1S/C22H25IN4O3/c1-22(2,3)30-21(28)27-20-18(19(23)26-27)10-15(12-25-20)14-9-17(13-24-11-14)29-16-7-5-4-6-8-16/h9-13,16H,4-8H2,1-3H3. The van der Waals surface area contributed by atoms with Gasteiger partial charge in [-0.2, -0.15) is 5.10 Å². The second-order valence-electron chi connectivity index (χ2n) is 8.57. The van der Waals surface area contributed by atoms with Gasteiger partial charge in [-0.3, -0.25) is 4.98 Å². The number of ether oxygens (including phenoxy) is 2. The van der Waals surface area contributed by atoms with Crippen molar-refractivity contribution in [3.05, 3.63) is 34.4 Å². The van der Waals surface area contributed by atoms with Crippen molar-refractivity contribution in [3.63, 3.8) is 0 Å². The molecular formula is C22H25IN4O3. The van der Waals surface area contributed by atoms with Gasteiger partial charge < -0.3 is 9.47 Å². The summed E-state index contributed by atoms with van der Waals surface area (Å²) in [4.78, 5) is 21.3.